The second-order valence-electron chi connectivity index (χ2n) is 27.1. The van der Waals surface area contributed by atoms with Crippen LogP contribution in [0, 0.1) is 6.92 Å². The highest BCUT2D eigenvalue weighted by Crippen LogP contribution is 2.36. The summed E-state index contributed by atoms with van der Waals surface area (Å²) in [6.07, 6.45) is 2.64. The largest absolute Gasteiger partial charge is 0.416 e. The summed E-state index contributed by atoms with van der Waals surface area (Å²) in [6, 6.07) is 56.8. The van der Waals surface area contributed by atoms with Crippen LogP contribution in [0.15, 0.2) is 266 Å². The molecule has 0 saturated carbocycles. The predicted molar refractivity (Wildman–Crippen MR) is 451 cm³/mol. The highest BCUT2D eigenvalue weighted by Gasteiger charge is 2.32. The van der Waals surface area contributed by atoms with Gasteiger partial charge in [-0.1, -0.05) is 110 Å². The lowest BCUT2D eigenvalue weighted by Gasteiger charge is -2.14. The number of benzene rings is 9. The molecule has 6 heterocycles. The van der Waals surface area contributed by atoms with E-state index < -0.39 is 76.8 Å². The smallest absolute Gasteiger partial charge is 0.369 e. The van der Waals surface area contributed by atoms with Crippen LogP contribution in [0.25, 0.3) is 33.4 Å². The molecule has 0 atom stereocenters. The van der Waals surface area contributed by atoms with Gasteiger partial charge in [0.25, 0.3) is 20.0 Å². The van der Waals surface area contributed by atoms with Gasteiger partial charge in [0.05, 0.1) is 34.9 Å². The van der Waals surface area contributed by atoms with Crippen LogP contribution in [0.5, 0.6) is 0 Å². The first-order valence-corrected chi connectivity index (χ1v) is 45.8. The minimum absolute atomic E-state index is 0.107. The van der Waals surface area contributed by atoms with Crippen molar-refractivity contribution in [2.75, 3.05) is 80.6 Å². The molecule has 0 aliphatic carbocycles. The molecule has 9 aromatic carbocycles. The van der Waals surface area contributed by atoms with E-state index in [4.69, 9.17) is 0 Å². The van der Waals surface area contributed by atoms with Crippen LogP contribution in [0.3, 0.4) is 0 Å². The van der Waals surface area contributed by atoms with Crippen LogP contribution in [-0.2, 0) is 79.3 Å². The van der Waals surface area contributed by atoms with E-state index in [1.54, 1.807) is 134 Å². The number of sulfonamides is 6. The summed E-state index contributed by atoms with van der Waals surface area (Å²) in [6.45, 7) is 6.14. The summed E-state index contributed by atoms with van der Waals surface area (Å²) in [5, 5.41) is 18.9. The Balaban J connectivity index is 0.000000155. The molecule has 0 fully saturated rings. The Morgan fingerprint density at radius 2 is 0.748 bits per heavy atom. The molecule has 3 aliphatic rings. The first-order valence-electron chi connectivity index (χ1n) is 37.0. The number of hydrogen-bond acceptors (Lipinski definition) is 24. The molecule has 0 amide bonds. The molecule has 0 saturated heterocycles. The van der Waals surface area contributed by atoms with E-state index in [-0.39, 0.29) is 62.3 Å². The average Bonchev–Trinajstić information content (AvgIpc) is 1.66. The fourth-order valence-electron chi connectivity index (χ4n) is 12.1. The number of hydrogen-bond donors (Lipinski definition) is 12. The average molecular weight is 1730 g/mol. The van der Waals surface area contributed by atoms with Gasteiger partial charge in [0.2, 0.25) is 57.9 Å². The standard InChI is InChI=1S/C28H30N6O4S2.C26H23F3N6O4S2.C26H26N6O4S2/c1-2-20-9-13-24(14-10-20)39(35,36)32-18-21-7-11-22(12-8-21)26-19-30-28-33-23-5-3-6-25(17-23)40(37,38)31-16-4-15-29-27(26)34-28;27-26(28,29)18-4-1-6-21(14-18)41(38,39)35-19-10-8-17(9-11-19)23-16-31-25-33-20-5-2-7-22(15-20)40(36,37)32-13-3-12-30-24(23)34-25;1-18-6-12-22(13-7-18)38(35,36)32-20-10-8-19(9-11-20)24-17-28-26-30-21-4-2-5-23(16-21)37(33,34)29-15-3-14-27-25(24)31-26/h3,5-14,17,19,31-32H,2,4,15-16,18H2,1H3,(H2,29,30,33,34);1-2,4-11,14-16,32,35H,3,12-13H2,(H2,30,31,33,34);2,4-13,16-17,29,32H,3,14-15H2,1H3,(H2,27,28,30,31). The molecular formula is C80H79F3N18O12S6. The van der Waals surface area contributed by atoms with Gasteiger partial charge in [0.1, 0.15) is 17.5 Å². The number of aromatic nitrogens is 6. The summed E-state index contributed by atoms with van der Waals surface area (Å²) in [5.41, 5.74) is 8.25. The number of rotatable bonds is 14. The van der Waals surface area contributed by atoms with E-state index in [9.17, 15) is 63.7 Å². The second-order valence-corrected chi connectivity index (χ2v) is 37.5. The Hall–Kier alpha value is -12.1. The van der Waals surface area contributed by atoms with E-state index >= 15 is 0 Å². The van der Waals surface area contributed by atoms with Crippen LogP contribution < -0.4 is 60.2 Å². The summed E-state index contributed by atoms with van der Waals surface area (Å²) in [7, 11) is -22.6. The van der Waals surface area contributed by atoms with Crippen molar-refractivity contribution in [2.45, 2.75) is 81.6 Å². The van der Waals surface area contributed by atoms with E-state index in [1.807, 2.05) is 50.2 Å². The van der Waals surface area contributed by atoms with Crippen molar-refractivity contribution in [2.24, 2.45) is 0 Å². The summed E-state index contributed by atoms with van der Waals surface area (Å²) >= 11 is 0. The molecule has 3 aliphatic heterocycles. The Morgan fingerprint density at radius 3 is 1.13 bits per heavy atom. The first kappa shape index (κ1) is 84.9. The van der Waals surface area contributed by atoms with E-state index in [0.717, 1.165) is 58.0 Å². The zero-order valence-corrected chi connectivity index (χ0v) is 68.4. The lowest BCUT2D eigenvalue weighted by molar-refractivity contribution is -0.137. The van der Waals surface area contributed by atoms with Gasteiger partial charge in [-0.05, 0) is 182 Å². The van der Waals surface area contributed by atoms with E-state index in [2.05, 4.69) is 90.1 Å². The van der Waals surface area contributed by atoms with Gasteiger partial charge in [-0.2, -0.15) is 28.1 Å². The quantitative estimate of drug-likeness (QED) is 0.0481. The molecule has 30 nitrogen and oxygen atoms in total. The van der Waals surface area contributed by atoms with Crippen LogP contribution >= 0.6 is 0 Å². The summed E-state index contributed by atoms with van der Waals surface area (Å²) < 4.78 is 206. The minimum Gasteiger partial charge on any atom is -0.369 e. The molecule has 0 spiro atoms. The first-order chi connectivity index (χ1) is 56.8. The molecular weight excluding hydrogens is 1650 g/mol. The minimum atomic E-state index is -4.68. The lowest BCUT2D eigenvalue weighted by atomic mass is 10.1. The van der Waals surface area contributed by atoms with Crippen molar-refractivity contribution in [1.29, 1.82) is 0 Å². The van der Waals surface area contributed by atoms with Crippen LogP contribution in [-0.4, -0.2) is 120 Å². The Morgan fingerprint density at radius 1 is 0.395 bits per heavy atom. The van der Waals surface area contributed by atoms with Crippen LogP contribution in [0.1, 0.15) is 48.4 Å². The molecule has 39 heteroatoms. The number of nitrogens with one attached hydrogen (secondary N) is 12. The molecule has 3 aromatic heterocycles. The maximum atomic E-state index is 13.0. The highest BCUT2D eigenvalue weighted by molar-refractivity contribution is 7.93. The Labute approximate surface area is 686 Å². The SMILES string of the molecule is CCc1ccc(S(=O)(=O)NCc2ccc(-c3cnc4nc3NCCCNS(=O)(=O)c3cccc(c3)N4)cc2)cc1.Cc1ccc(S(=O)(=O)Nc2ccc(-c3cnc4nc3NCCCNS(=O)(=O)c3cccc(c3)N4)cc2)cc1.O=S1(=O)NCCCNc2nc(ncc2-c2ccc(NS(=O)(=O)c3cccc(C(F)(F)F)c3)cc2)Nc2cccc1c2. The van der Waals surface area contributed by atoms with Crippen molar-refractivity contribution in [3.05, 3.63) is 259 Å². The second kappa shape index (κ2) is 36.4. The van der Waals surface area contributed by atoms with E-state index in [1.165, 1.54) is 42.5 Å². The zero-order valence-electron chi connectivity index (χ0n) is 63.5. The maximum absolute atomic E-state index is 13.0. The Bertz CT molecular complexity index is 6420. The molecule has 12 bridgehead atoms. The molecule has 0 radical (unpaired) electrons. The molecule has 12 N–H and O–H groups in total. The van der Waals surface area contributed by atoms with Gasteiger partial charge in [-0.3, -0.25) is 9.44 Å². The van der Waals surface area contributed by atoms with Crippen molar-refractivity contribution < 1.29 is 63.7 Å². The molecule has 15 rings (SSSR count). The number of aryl methyl sites for hydroxylation is 2. The third-order valence-corrected chi connectivity index (χ3v) is 27.0. The number of halogens is 3. The normalized spacial score (nSPS) is 15.1. The molecule has 618 valence electrons. The van der Waals surface area contributed by atoms with Crippen LogP contribution in [0.2, 0.25) is 0 Å². The maximum Gasteiger partial charge on any atom is 0.416 e. The number of fused-ring (bicyclic) bond motifs is 12. The monoisotopic (exact) mass is 1730 g/mol. The van der Waals surface area contributed by atoms with Crippen molar-refractivity contribution in [1.82, 2.24) is 48.8 Å². The molecule has 119 heavy (non-hydrogen) atoms. The Kier molecular flexibility index (Phi) is 26.0. The van der Waals surface area contributed by atoms with Gasteiger partial charge >= 0.3 is 6.18 Å². The topological polar surface area (TPSA) is 427 Å². The fourth-order valence-corrected chi connectivity index (χ4v) is 18.7. The third-order valence-electron chi connectivity index (χ3n) is 18.5. The van der Waals surface area contributed by atoms with Crippen molar-refractivity contribution >= 4 is 124 Å². The zero-order chi connectivity index (χ0) is 84.2. The van der Waals surface area contributed by atoms with Crippen LogP contribution in [0.4, 0.5) is 76.9 Å². The van der Waals surface area contributed by atoms with Crippen molar-refractivity contribution in [3.63, 3.8) is 0 Å². The fraction of sp³-hybridized carbons (Fsp3) is 0.175. The predicted octanol–water partition coefficient (Wildman–Crippen LogP) is 12.9. The van der Waals surface area contributed by atoms with Gasteiger partial charge in [0, 0.05) is 110 Å². The number of alkyl halides is 3. The van der Waals surface area contributed by atoms with Gasteiger partial charge in [-0.25, -0.2) is 84.3 Å². The third kappa shape index (κ3) is 22.0. The summed E-state index contributed by atoms with van der Waals surface area (Å²) in [4.78, 5) is 27.3. The molecule has 0 unspecified atom stereocenters. The number of nitrogens with zero attached hydrogens (tertiary/aromatic N) is 6. The number of anilines is 11. The van der Waals surface area contributed by atoms with Crippen molar-refractivity contribution in [3.8, 4) is 33.4 Å². The van der Waals surface area contributed by atoms with Gasteiger partial charge in [-0.15, -0.1) is 0 Å². The van der Waals surface area contributed by atoms with E-state index in [0.29, 0.717) is 114 Å². The van der Waals surface area contributed by atoms with Gasteiger partial charge < -0.3 is 31.9 Å². The lowest BCUT2D eigenvalue weighted by Crippen LogP contribution is -2.26. The molecule has 12 aromatic rings. The highest BCUT2D eigenvalue weighted by atomic mass is 32.2. The summed E-state index contributed by atoms with van der Waals surface area (Å²) in [5.74, 6) is 2.47. The van der Waals surface area contributed by atoms with Gasteiger partial charge in [0.15, 0.2) is 0 Å².